The predicted molar refractivity (Wildman–Crippen MR) is 104 cm³/mol. The second-order valence-corrected chi connectivity index (χ2v) is 8.53. The molecule has 0 saturated carbocycles. The van der Waals surface area contributed by atoms with Crippen LogP contribution in [-0.4, -0.2) is 46.4 Å². The van der Waals surface area contributed by atoms with Crippen molar-refractivity contribution in [2.24, 2.45) is 0 Å². The number of amides is 1. The summed E-state index contributed by atoms with van der Waals surface area (Å²) in [5.74, 6) is -0.00731. The van der Waals surface area contributed by atoms with E-state index >= 15 is 0 Å². The van der Waals surface area contributed by atoms with Gasteiger partial charge in [-0.05, 0) is 36.4 Å². The summed E-state index contributed by atoms with van der Waals surface area (Å²) in [6, 6.07) is 8.94. The number of hydrogen-bond acceptors (Lipinski definition) is 5. The molecular formula is C17H18Cl2N2O5S. The molecule has 2 aromatic carbocycles. The molecule has 2 aromatic rings. The van der Waals surface area contributed by atoms with Gasteiger partial charge < -0.3 is 14.8 Å². The average Bonchev–Trinajstić information content (AvgIpc) is 2.60. The fraction of sp³-hybridized carbons (Fsp3) is 0.235. The highest BCUT2D eigenvalue weighted by atomic mass is 35.5. The maximum absolute atomic E-state index is 12.4. The summed E-state index contributed by atoms with van der Waals surface area (Å²) in [6.07, 6.45) is 0. The molecule has 7 nitrogen and oxygen atoms in total. The molecule has 0 radical (unpaired) electrons. The van der Waals surface area contributed by atoms with Gasteiger partial charge in [-0.15, -0.1) is 0 Å². The first-order valence-corrected chi connectivity index (χ1v) is 9.83. The van der Waals surface area contributed by atoms with Crippen LogP contribution in [0.15, 0.2) is 41.3 Å². The third-order valence-corrected chi connectivity index (χ3v) is 5.83. The van der Waals surface area contributed by atoms with Crippen LogP contribution in [0.25, 0.3) is 0 Å². The van der Waals surface area contributed by atoms with Crippen LogP contribution in [-0.2, 0) is 14.8 Å². The van der Waals surface area contributed by atoms with E-state index in [-0.39, 0.29) is 28.0 Å². The van der Waals surface area contributed by atoms with Crippen molar-refractivity contribution >= 4 is 44.8 Å². The summed E-state index contributed by atoms with van der Waals surface area (Å²) in [5.41, 5.74) is 0.284. The Balaban J connectivity index is 2.14. The molecule has 0 bridgehead atoms. The van der Waals surface area contributed by atoms with Crippen molar-refractivity contribution < 1.29 is 22.7 Å². The van der Waals surface area contributed by atoms with Crippen LogP contribution in [0.4, 0.5) is 5.69 Å². The standard InChI is InChI=1S/C17H18Cl2N2O5S/c1-21(2)27(23,24)16-9-12(5-7-15(16)25-3)20-17(22)10-26-14-6-4-11(18)8-13(14)19/h4-9H,10H2,1-3H3,(H,20,22). The Morgan fingerprint density at radius 2 is 1.78 bits per heavy atom. The van der Waals surface area contributed by atoms with Gasteiger partial charge in [-0.1, -0.05) is 23.2 Å². The van der Waals surface area contributed by atoms with Crippen molar-refractivity contribution in [3.63, 3.8) is 0 Å². The van der Waals surface area contributed by atoms with E-state index in [1.807, 2.05) is 0 Å². The monoisotopic (exact) mass is 432 g/mol. The topological polar surface area (TPSA) is 84.9 Å². The summed E-state index contributed by atoms with van der Waals surface area (Å²) in [5, 5.41) is 3.30. The van der Waals surface area contributed by atoms with Crippen LogP contribution in [0.3, 0.4) is 0 Å². The lowest BCUT2D eigenvalue weighted by molar-refractivity contribution is -0.118. The van der Waals surface area contributed by atoms with E-state index in [2.05, 4.69) is 5.32 Å². The van der Waals surface area contributed by atoms with Crippen LogP contribution in [0, 0.1) is 0 Å². The summed E-state index contributed by atoms with van der Waals surface area (Å²) in [6.45, 7) is -0.316. The van der Waals surface area contributed by atoms with Gasteiger partial charge >= 0.3 is 0 Å². The number of carbonyl (C=O) groups excluding carboxylic acids is 1. The van der Waals surface area contributed by atoms with Gasteiger partial charge in [0.2, 0.25) is 10.0 Å². The van der Waals surface area contributed by atoms with E-state index in [1.54, 1.807) is 12.1 Å². The largest absolute Gasteiger partial charge is 0.495 e. The maximum Gasteiger partial charge on any atom is 0.262 e. The highest BCUT2D eigenvalue weighted by Crippen LogP contribution is 2.29. The molecule has 0 unspecified atom stereocenters. The average molecular weight is 433 g/mol. The number of methoxy groups -OCH3 is 1. The highest BCUT2D eigenvalue weighted by molar-refractivity contribution is 7.89. The van der Waals surface area contributed by atoms with E-state index in [1.165, 1.54) is 45.5 Å². The summed E-state index contributed by atoms with van der Waals surface area (Å²) >= 11 is 11.8. The normalized spacial score (nSPS) is 11.3. The number of nitrogens with one attached hydrogen (secondary N) is 1. The van der Waals surface area contributed by atoms with Crippen molar-refractivity contribution in [3.8, 4) is 11.5 Å². The smallest absolute Gasteiger partial charge is 0.262 e. The van der Waals surface area contributed by atoms with E-state index < -0.39 is 15.9 Å². The Kier molecular flexibility index (Phi) is 6.94. The number of benzene rings is 2. The van der Waals surface area contributed by atoms with Gasteiger partial charge in [-0.25, -0.2) is 12.7 Å². The van der Waals surface area contributed by atoms with Crippen LogP contribution in [0.1, 0.15) is 0 Å². The van der Waals surface area contributed by atoms with Crippen molar-refractivity contribution in [2.45, 2.75) is 4.90 Å². The minimum Gasteiger partial charge on any atom is -0.495 e. The second kappa shape index (κ2) is 8.79. The Morgan fingerprint density at radius 1 is 1.11 bits per heavy atom. The maximum atomic E-state index is 12.4. The number of carbonyl (C=O) groups is 1. The SMILES string of the molecule is COc1ccc(NC(=O)COc2ccc(Cl)cc2Cl)cc1S(=O)(=O)N(C)C. The Labute approximate surface area is 167 Å². The van der Waals surface area contributed by atoms with E-state index in [0.717, 1.165) is 4.31 Å². The molecule has 1 amide bonds. The predicted octanol–water partition coefficient (Wildman–Crippen LogP) is 3.27. The molecule has 0 fully saturated rings. The molecule has 1 N–H and O–H groups in total. The van der Waals surface area contributed by atoms with Crippen molar-refractivity contribution in [2.75, 3.05) is 33.1 Å². The number of halogens is 2. The Bertz CT molecular complexity index is 948. The van der Waals surface area contributed by atoms with Gasteiger partial charge in [-0.3, -0.25) is 4.79 Å². The fourth-order valence-electron chi connectivity index (χ4n) is 2.09. The number of anilines is 1. The van der Waals surface area contributed by atoms with Gasteiger partial charge in [-0.2, -0.15) is 0 Å². The quantitative estimate of drug-likeness (QED) is 0.725. The molecule has 0 heterocycles. The first kappa shape index (κ1) is 21.3. The molecule has 146 valence electrons. The highest BCUT2D eigenvalue weighted by Gasteiger charge is 2.23. The van der Waals surface area contributed by atoms with Gasteiger partial charge in [0.05, 0.1) is 12.1 Å². The number of nitrogens with zero attached hydrogens (tertiary/aromatic N) is 1. The zero-order chi connectivity index (χ0) is 20.2. The third-order valence-electron chi connectivity index (χ3n) is 3.46. The van der Waals surface area contributed by atoms with Crippen molar-refractivity contribution in [1.29, 1.82) is 0 Å². The van der Waals surface area contributed by atoms with E-state index in [4.69, 9.17) is 32.7 Å². The molecule has 0 aromatic heterocycles. The lowest BCUT2D eigenvalue weighted by atomic mass is 10.3. The summed E-state index contributed by atoms with van der Waals surface area (Å²) in [4.78, 5) is 12.1. The van der Waals surface area contributed by atoms with E-state index in [0.29, 0.717) is 10.8 Å². The van der Waals surface area contributed by atoms with Crippen LogP contribution in [0.2, 0.25) is 10.0 Å². The fourth-order valence-corrected chi connectivity index (χ4v) is 3.62. The molecule has 0 spiro atoms. The Morgan fingerprint density at radius 3 is 2.37 bits per heavy atom. The molecule has 0 aliphatic rings. The molecule has 0 saturated heterocycles. The molecule has 27 heavy (non-hydrogen) atoms. The Hall–Kier alpha value is -2.00. The molecular weight excluding hydrogens is 415 g/mol. The van der Waals surface area contributed by atoms with E-state index in [9.17, 15) is 13.2 Å². The number of rotatable bonds is 7. The van der Waals surface area contributed by atoms with Crippen LogP contribution < -0.4 is 14.8 Å². The number of hydrogen-bond donors (Lipinski definition) is 1. The molecule has 0 aliphatic heterocycles. The third kappa shape index (κ3) is 5.26. The summed E-state index contributed by atoms with van der Waals surface area (Å²) in [7, 11) is 0.433. The molecule has 0 aliphatic carbocycles. The van der Waals surface area contributed by atoms with Gasteiger partial charge in [0.15, 0.2) is 6.61 Å². The van der Waals surface area contributed by atoms with Crippen LogP contribution in [0.5, 0.6) is 11.5 Å². The minimum absolute atomic E-state index is 0.0607. The summed E-state index contributed by atoms with van der Waals surface area (Å²) < 4.78 is 36.3. The second-order valence-electron chi connectivity index (χ2n) is 5.56. The van der Waals surface area contributed by atoms with Crippen LogP contribution >= 0.6 is 23.2 Å². The van der Waals surface area contributed by atoms with Crippen molar-refractivity contribution in [3.05, 3.63) is 46.4 Å². The zero-order valence-electron chi connectivity index (χ0n) is 14.8. The zero-order valence-corrected chi connectivity index (χ0v) is 17.2. The number of ether oxygens (including phenoxy) is 2. The van der Waals surface area contributed by atoms with Gasteiger partial charge in [0.1, 0.15) is 16.4 Å². The lowest BCUT2D eigenvalue weighted by Gasteiger charge is -2.16. The minimum atomic E-state index is -3.75. The number of sulfonamides is 1. The molecule has 0 atom stereocenters. The lowest BCUT2D eigenvalue weighted by Crippen LogP contribution is -2.24. The van der Waals surface area contributed by atoms with Crippen molar-refractivity contribution in [1.82, 2.24) is 4.31 Å². The van der Waals surface area contributed by atoms with Gasteiger partial charge in [0.25, 0.3) is 5.91 Å². The first-order valence-electron chi connectivity index (χ1n) is 7.63. The molecule has 10 heteroatoms. The molecule has 2 rings (SSSR count). The van der Waals surface area contributed by atoms with Gasteiger partial charge in [0, 0.05) is 24.8 Å². The first-order chi connectivity index (χ1) is 12.6.